The number of hydrogen-bond acceptors (Lipinski definition) is 1. The topological polar surface area (TPSA) is 12.0 Å². The molecule has 1 heterocycles. The van der Waals surface area contributed by atoms with E-state index in [1.54, 1.807) is 12.1 Å². The summed E-state index contributed by atoms with van der Waals surface area (Å²) >= 11 is 12.1. The van der Waals surface area contributed by atoms with Gasteiger partial charge in [-0.15, -0.1) is 0 Å². The van der Waals surface area contributed by atoms with Crippen molar-refractivity contribution < 1.29 is 4.39 Å². The third kappa shape index (κ3) is 3.23. The van der Waals surface area contributed by atoms with Gasteiger partial charge in [0.25, 0.3) is 0 Å². The number of hydrogen-bond donors (Lipinski definition) is 1. The maximum atomic E-state index is 13.5. The van der Waals surface area contributed by atoms with Gasteiger partial charge in [0, 0.05) is 12.5 Å². The first-order chi connectivity index (χ1) is 10.1. The van der Waals surface area contributed by atoms with E-state index in [9.17, 15) is 4.39 Å². The van der Waals surface area contributed by atoms with Crippen molar-refractivity contribution in [2.45, 2.75) is 18.3 Å². The fourth-order valence-electron chi connectivity index (χ4n) is 3.09. The van der Waals surface area contributed by atoms with Gasteiger partial charge in [0.05, 0.1) is 10.0 Å². The fraction of sp³-hybridized carbons (Fsp3) is 0.294. The predicted octanol–water partition coefficient (Wildman–Crippen LogP) is 4.99. The average molecular weight is 324 g/mol. The molecule has 4 heteroatoms. The Bertz CT molecular complexity index is 644. The molecule has 2 aromatic rings. The molecule has 2 unspecified atom stereocenters. The van der Waals surface area contributed by atoms with E-state index in [1.807, 2.05) is 24.3 Å². The lowest BCUT2D eigenvalue weighted by Crippen LogP contribution is -2.34. The van der Waals surface area contributed by atoms with Crippen LogP contribution in [0.4, 0.5) is 4.39 Å². The highest BCUT2D eigenvalue weighted by Crippen LogP contribution is 2.39. The van der Waals surface area contributed by atoms with E-state index >= 15 is 0 Å². The normalized spacial score (nSPS) is 22.2. The second-order valence-corrected chi connectivity index (χ2v) is 6.25. The molecule has 2 aromatic carbocycles. The van der Waals surface area contributed by atoms with Crippen molar-refractivity contribution in [2.75, 3.05) is 13.1 Å². The summed E-state index contributed by atoms with van der Waals surface area (Å²) in [5, 5.41) is 4.54. The van der Waals surface area contributed by atoms with Crippen molar-refractivity contribution in [3.8, 4) is 0 Å². The summed E-state index contributed by atoms with van der Waals surface area (Å²) in [5.74, 6) is 0.375. The average Bonchev–Trinajstić information content (AvgIpc) is 2.50. The molecule has 0 radical (unpaired) electrons. The molecule has 21 heavy (non-hydrogen) atoms. The molecular weight excluding hydrogens is 308 g/mol. The Morgan fingerprint density at radius 3 is 2.52 bits per heavy atom. The highest BCUT2D eigenvalue weighted by atomic mass is 35.5. The van der Waals surface area contributed by atoms with E-state index in [0.717, 1.165) is 25.1 Å². The maximum Gasteiger partial charge on any atom is 0.123 e. The summed E-state index contributed by atoms with van der Waals surface area (Å²) in [6, 6.07) is 12.7. The molecule has 3 rings (SSSR count). The summed E-state index contributed by atoms with van der Waals surface area (Å²) in [4.78, 5) is 0. The van der Waals surface area contributed by atoms with E-state index in [4.69, 9.17) is 23.2 Å². The van der Waals surface area contributed by atoms with Gasteiger partial charge in [-0.2, -0.15) is 0 Å². The zero-order valence-electron chi connectivity index (χ0n) is 11.5. The standard InChI is InChI=1S/C17H16Cl2FN/c18-16-5-4-12(9-17(16)19)14-6-7-21-10-15(14)11-2-1-3-13(20)8-11/h1-5,8-9,14-15,21H,6-7,10H2. The Morgan fingerprint density at radius 1 is 0.952 bits per heavy atom. The van der Waals surface area contributed by atoms with Crippen molar-refractivity contribution in [3.05, 3.63) is 69.5 Å². The monoisotopic (exact) mass is 323 g/mol. The Kier molecular flexibility index (Phi) is 4.48. The van der Waals surface area contributed by atoms with Crippen molar-refractivity contribution in [1.29, 1.82) is 0 Å². The van der Waals surface area contributed by atoms with Gasteiger partial charge in [-0.25, -0.2) is 4.39 Å². The lowest BCUT2D eigenvalue weighted by molar-refractivity contribution is 0.403. The van der Waals surface area contributed by atoms with Gasteiger partial charge in [0.2, 0.25) is 0 Å². The minimum absolute atomic E-state index is 0.189. The second kappa shape index (κ2) is 6.35. The van der Waals surface area contributed by atoms with Crippen LogP contribution in [0.1, 0.15) is 29.4 Å². The van der Waals surface area contributed by atoms with Crippen LogP contribution in [-0.2, 0) is 0 Å². The van der Waals surface area contributed by atoms with Gasteiger partial charge in [0.1, 0.15) is 5.82 Å². The van der Waals surface area contributed by atoms with Gasteiger partial charge in [-0.3, -0.25) is 0 Å². The summed E-state index contributed by atoms with van der Waals surface area (Å²) in [7, 11) is 0. The maximum absolute atomic E-state index is 13.5. The highest BCUT2D eigenvalue weighted by Gasteiger charge is 2.28. The SMILES string of the molecule is Fc1cccc(C2CNCCC2c2ccc(Cl)c(Cl)c2)c1. The van der Waals surface area contributed by atoms with E-state index in [1.165, 1.54) is 11.6 Å². The summed E-state index contributed by atoms with van der Waals surface area (Å²) in [6.07, 6.45) is 0.999. The Hall–Kier alpha value is -1.09. The molecule has 110 valence electrons. The largest absolute Gasteiger partial charge is 0.316 e. The molecule has 1 nitrogen and oxygen atoms in total. The molecule has 1 aliphatic heterocycles. The highest BCUT2D eigenvalue weighted by molar-refractivity contribution is 6.42. The summed E-state index contributed by atoms with van der Waals surface area (Å²) in [6.45, 7) is 1.80. The van der Waals surface area contributed by atoms with Gasteiger partial charge in [0.15, 0.2) is 0 Å². The first-order valence-corrected chi connectivity index (χ1v) is 7.82. The van der Waals surface area contributed by atoms with Crippen LogP contribution in [0.25, 0.3) is 0 Å². The molecule has 0 amide bonds. The Labute approximate surface area is 134 Å². The van der Waals surface area contributed by atoms with Gasteiger partial charge < -0.3 is 5.32 Å². The van der Waals surface area contributed by atoms with Crippen LogP contribution < -0.4 is 5.32 Å². The molecule has 1 N–H and O–H groups in total. The quantitative estimate of drug-likeness (QED) is 0.820. The smallest absolute Gasteiger partial charge is 0.123 e. The van der Waals surface area contributed by atoms with Gasteiger partial charge >= 0.3 is 0 Å². The first-order valence-electron chi connectivity index (χ1n) is 7.06. The molecule has 0 aromatic heterocycles. The minimum Gasteiger partial charge on any atom is -0.316 e. The Balaban J connectivity index is 1.96. The molecule has 0 saturated carbocycles. The second-order valence-electron chi connectivity index (χ2n) is 5.43. The lowest BCUT2D eigenvalue weighted by atomic mass is 9.77. The van der Waals surface area contributed by atoms with Crippen LogP contribution in [0.5, 0.6) is 0 Å². The first kappa shape index (κ1) is 14.8. The van der Waals surface area contributed by atoms with Crippen molar-refractivity contribution in [1.82, 2.24) is 5.32 Å². The third-order valence-electron chi connectivity index (χ3n) is 4.13. The van der Waals surface area contributed by atoms with Gasteiger partial charge in [-0.1, -0.05) is 41.4 Å². The summed E-state index contributed by atoms with van der Waals surface area (Å²) in [5.41, 5.74) is 2.19. The fourth-order valence-corrected chi connectivity index (χ4v) is 3.39. The van der Waals surface area contributed by atoms with Crippen LogP contribution in [-0.4, -0.2) is 13.1 Å². The lowest BCUT2D eigenvalue weighted by Gasteiger charge is -2.33. The number of halogens is 3. The molecule has 1 aliphatic rings. The molecule has 1 fully saturated rings. The number of nitrogens with one attached hydrogen (secondary N) is 1. The van der Waals surface area contributed by atoms with E-state index in [2.05, 4.69) is 5.32 Å². The molecule has 0 spiro atoms. The molecule has 1 saturated heterocycles. The van der Waals surface area contributed by atoms with Crippen LogP contribution in [0.15, 0.2) is 42.5 Å². The van der Waals surface area contributed by atoms with Crippen LogP contribution >= 0.6 is 23.2 Å². The van der Waals surface area contributed by atoms with E-state index in [0.29, 0.717) is 16.0 Å². The molecule has 2 atom stereocenters. The van der Waals surface area contributed by atoms with Crippen LogP contribution in [0, 0.1) is 5.82 Å². The predicted molar refractivity (Wildman–Crippen MR) is 85.8 cm³/mol. The zero-order chi connectivity index (χ0) is 14.8. The summed E-state index contributed by atoms with van der Waals surface area (Å²) < 4.78 is 13.5. The van der Waals surface area contributed by atoms with Crippen LogP contribution in [0.2, 0.25) is 10.0 Å². The molecule has 0 bridgehead atoms. The Morgan fingerprint density at radius 2 is 1.76 bits per heavy atom. The number of rotatable bonds is 2. The van der Waals surface area contributed by atoms with E-state index in [-0.39, 0.29) is 11.7 Å². The van der Waals surface area contributed by atoms with Crippen molar-refractivity contribution in [2.24, 2.45) is 0 Å². The van der Waals surface area contributed by atoms with Crippen molar-refractivity contribution >= 4 is 23.2 Å². The third-order valence-corrected chi connectivity index (χ3v) is 4.87. The number of piperidine rings is 1. The minimum atomic E-state index is -0.189. The molecule has 0 aliphatic carbocycles. The van der Waals surface area contributed by atoms with Crippen LogP contribution in [0.3, 0.4) is 0 Å². The van der Waals surface area contributed by atoms with Crippen molar-refractivity contribution in [3.63, 3.8) is 0 Å². The zero-order valence-corrected chi connectivity index (χ0v) is 13.0. The molecular formula is C17H16Cl2FN. The van der Waals surface area contributed by atoms with E-state index < -0.39 is 0 Å². The number of benzene rings is 2. The van der Waals surface area contributed by atoms with Gasteiger partial charge in [-0.05, 0) is 54.3 Å².